The molecule has 172 valence electrons. The average Bonchev–Trinajstić information content (AvgIpc) is 2.82. The molecule has 0 spiro atoms. The third-order valence-electron chi connectivity index (χ3n) is 5.03. The van der Waals surface area contributed by atoms with Crippen molar-refractivity contribution in [3.05, 3.63) is 90.1 Å². The molecule has 0 bridgehead atoms. The number of rotatable bonds is 8. The van der Waals surface area contributed by atoms with E-state index in [0.717, 1.165) is 28.6 Å². The molecule has 4 aromatic rings. The Bertz CT molecular complexity index is 1350. The molecule has 0 aliphatic carbocycles. The summed E-state index contributed by atoms with van der Waals surface area (Å²) >= 11 is 6.37. The second-order valence-corrected chi connectivity index (χ2v) is 8.42. The van der Waals surface area contributed by atoms with Gasteiger partial charge in [0.25, 0.3) is 0 Å². The predicted octanol–water partition coefficient (Wildman–Crippen LogP) is 5.96. The van der Waals surface area contributed by atoms with Crippen molar-refractivity contribution in [1.82, 2.24) is 14.9 Å². The van der Waals surface area contributed by atoms with E-state index in [-0.39, 0.29) is 5.91 Å². The number of hydrogen-bond donors (Lipinski definition) is 3. The van der Waals surface area contributed by atoms with Crippen molar-refractivity contribution in [1.29, 1.82) is 0 Å². The fourth-order valence-corrected chi connectivity index (χ4v) is 3.63. The van der Waals surface area contributed by atoms with Crippen molar-refractivity contribution in [3.8, 4) is 0 Å². The lowest BCUT2D eigenvalue weighted by Crippen LogP contribution is -2.13. The van der Waals surface area contributed by atoms with Gasteiger partial charge in [0.1, 0.15) is 5.02 Å². The van der Waals surface area contributed by atoms with E-state index < -0.39 is 0 Å². The van der Waals surface area contributed by atoms with Crippen LogP contribution in [0.15, 0.2) is 79.5 Å². The maximum atomic E-state index is 12.0. The van der Waals surface area contributed by atoms with Crippen LogP contribution in [0, 0.1) is 0 Å². The van der Waals surface area contributed by atoms with Crippen molar-refractivity contribution in [2.45, 2.75) is 6.54 Å². The summed E-state index contributed by atoms with van der Waals surface area (Å²) in [6.07, 6.45) is 2.76. The highest BCUT2D eigenvalue weighted by Gasteiger charge is 2.11. The number of nitrogens with one attached hydrogen (secondary N) is 3. The number of nitrogens with zero attached hydrogens (tertiary/aromatic N) is 3. The largest absolute Gasteiger partial charge is 0.339 e. The molecule has 3 aromatic carbocycles. The Balaban J connectivity index is 1.60. The molecule has 0 aliphatic heterocycles. The minimum absolute atomic E-state index is 0.305. The molecule has 3 N–H and O–H groups in total. The highest BCUT2D eigenvalue weighted by Crippen LogP contribution is 2.29. The Kier molecular flexibility index (Phi) is 7.06. The number of benzene rings is 3. The number of fused-ring (bicyclic) bond motifs is 1. The van der Waals surface area contributed by atoms with Gasteiger partial charge in [0, 0.05) is 12.2 Å². The van der Waals surface area contributed by atoms with Gasteiger partial charge in [0.2, 0.25) is 11.9 Å². The maximum absolute atomic E-state index is 12.0. The summed E-state index contributed by atoms with van der Waals surface area (Å²) in [7, 11) is 3.97. The first-order valence-electron chi connectivity index (χ1n) is 10.7. The highest BCUT2D eigenvalue weighted by atomic mass is 35.5. The van der Waals surface area contributed by atoms with Gasteiger partial charge in [-0.15, -0.1) is 0 Å². The third-order valence-corrected chi connectivity index (χ3v) is 5.31. The van der Waals surface area contributed by atoms with E-state index in [1.54, 1.807) is 0 Å². The number of anilines is 5. The molecule has 1 amide bonds. The van der Waals surface area contributed by atoms with Crippen LogP contribution >= 0.6 is 11.6 Å². The minimum atomic E-state index is -0.305. The summed E-state index contributed by atoms with van der Waals surface area (Å²) in [5.74, 6) is 0.498. The van der Waals surface area contributed by atoms with E-state index in [0.29, 0.717) is 28.2 Å². The Labute approximate surface area is 203 Å². The van der Waals surface area contributed by atoms with Crippen molar-refractivity contribution in [2.75, 3.05) is 30.0 Å². The van der Waals surface area contributed by atoms with Crippen LogP contribution in [0.3, 0.4) is 0 Å². The smallest absolute Gasteiger partial charge is 0.247 e. The van der Waals surface area contributed by atoms with Crippen molar-refractivity contribution >= 4 is 57.1 Å². The van der Waals surface area contributed by atoms with Crippen molar-refractivity contribution in [3.63, 3.8) is 0 Å². The van der Waals surface area contributed by atoms with E-state index in [1.807, 2.05) is 68.7 Å². The van der Waals surface area contributed by atoms with Crippen LogP contribution in [0.25, 0.3) is 10.8 Å². The summed E-state index contributed by atoms with van der Waals surface area (Å²) in [4.78, 5) is 22.9. The molecule has 0 radical (unpaired) electrons. The maximum Gasteiger partial charge on any atom is 0.247 e. The molecule has 0 saturated carbocycles. The Morgan fingerprint density at radius 2 is 1.82 bits per heavy atom. The Morgan fingerprint density at radius 1 is 1.03 bits per heavy atom. The molecule has 1 heterocycles. The molecule has 4 rings (SSSR count). The molecule has 0 unspecified atom stereocenters. The quantitative estimate of drug-likeness (QED) is 0.275. The number of hydrogen-bond acceptors (Lipinski definition) is 6. The monoisotopic (exact) mass is 472 g/mol. The lowest BCUT2D eigenvalue weighted by Gasteiger charge is -2.16. The van der Waals surface area contributed by atoms with E-state index in [9.17, 15) is 4.79 Å². The molecular formula is C26H25ClN6O. The number of carbonyl (C=O) groups excluding carboxylic acids is 1. The molecule has 34 heavy (non-hydrogen) atoms. The second kappa shape index (κ2) is 10.3. The summed E-state index contributed by atoms with van der Waals surface area (Å²) in [6.45, 7) is 4.26. The molecule has 0 saturated heterocycles. The van der Waals surface area contributed by atoms with Gasteiger partial charge in [-0.3, -0.25) is 4.79 Å². The van der Waals surface area contributed by atoms with Crippen LogP contribution in [-0.4, -0.2) is 34.9 Å². The van der Waals surface area contributed by atoms with Crippen LogP contribution in [-0.2, 0) is 11.3 Å². The van der Waals surface area contributed by atoms with Gasteiger partial charge in [-0.05, 0) is 60.8 Å². The zero-order chi connectivity index (χ0) is 24.1. The summed E-state index contributed by atoms with van der Waals surface area (Å²) in [5, 5.41) is 11.9. The fourth-order valence-electron chi connectivity index (χ4n) is 3.49. The van der Waals surface area contributed by atoms with Crippen LogP contribution in [0.1, 0.15) is 5.56 Å². The minimum Gasteiger partial charge on any atom is -0.339 e. The predicted molar refractivity (Wildman–Crippen MR) is 140 cm³/mol. The first-order valence-corrected chi connectivity index (χ1v) is 11.1. The molecular weight excluding hydrogens is 448 g/mol. The molecule has 1 aromatic heterocycles. The highest BCUT2D eigenvalue weighted by molar-refractivity contribution is 6.33. The van der Waals surface area contributed by atoms with E-state index in [2.05, 4.69) is 43.5 Å². The van der Waals surface area contributed by atoms with Crippen LogP contribution in [0.4, 0.5) is 28.8 Å². The van der Waals surface area contributed by atoms with Gasteiger partial charge < -0.3 is 20.9 Å². The SMILES string of the molecule is C=CC(=O)Nc1cc(CN(C)C)ccc1Nc1ncc(Cl)c(Nc2ccc3ccccc3c2)n1. The zero-order valence-corrected chi connectivity index (χ0v) is 19.7. The second-order valence-electron chi connectivity index (χ2n) is 8.01. The lowest BCUT2D eigenvalue weighted by atomic mass is 10.1. The molecule has 7 nitrogen and oxygen atoms in total. The van der Waals surface area contributed by atoms with Gasteiger partial charge in [-0.1, -0.05) is 54.6 Å². The van der Waals surface area contributed by atoms with Gasteiger partial charge >= 0.3 is 0 Å². The number of aromatic nitrogens is 2. The molecule has 8 heteroatoms. The summed E-state index contributed by atoms with van der Waals surface area (Å²) < 4.78 is 0. The normalized spacial score (nSPS) is 10.8. The van der Waals surface area contributed by atoms with Crippen LogP contribution < -0.4 is 16.0 Å². The Hall–Kier alpha value is -3.94. The van der Waals surface area contributed by atoms with E-state index in [4.69, 9.17) is 11.6 Å². The fraction of sp³-hybridized carbons (Fsp3) is 0.115. The van der Waals surface area contributed by atoms with Gasteiger partial charge in [0.05, 0.1) is 17.6 Å². The zero-order valence-electron chi connectivity index (χ0n) is 19.0. The summed E-state index contributed by atoms with van der Waals surface area (Å²) in [5.41, 5.74) is 3.16. The summed E-state index contributed by atoms with van der Waals surface area (Å²) in [6, 6.07) is 19.9. The van der Waals surface area contributed by atoms with E-state index >= 15 is 0 Å². The topological polar surface area (TPSA) is 82.2 Å². The van der Waals surface area contributed by atoms with Gasteiger partial charge in [0.15, 0.2) is 5.82 Å². The van der Waals surface area contributed by atoms with Gasteiger partial charge in [-0.25, -0.2) is 4.98 Å². The Morgan fingerprint density at radius 3 is 2.59 bits per heavy atom. The molecule has 0 aliphatic rings. The molecule has 0 fully saturated rings. The van der Waals surface area contributed by atoms with Crippen molar-refractivity contribution < 1.29 is 4.79 Å². The molecule has 0 atom stereocenters. The van der Waals surface area contributed by atoms with Crippen LogP contribution in [0.5, 0.6) is 0 Å². The first-order chi connectivity index (χ1) is 16.4. The number of halogens is 1. The van der Waals surface area contributed by atoms with Crippen LogP contribution in [0.2, 0.25) is 5.02 Å². The standard InChI is InChI=1S/C26H25ClN6O/c1-4-24(34)30-23-13-17(16-33(2)3)9-12-22(23)31-26-28-15-21(27)25(32-26)29-20-11-10-18-7-5-6-8-19(18)14-20/h4-15H,1,16H2,2-3H3,(H,30,34)(H2,28,29,31,32). The van der Waals surface area contributed by atoms with Crippen molar-refractivity contribution in [2.24, 2.45) is 0 Å². The first kappa shape index (κ1) is 23.2. The van der Waals surface area contributed by atoms with Gasteiger partial charge in [-0.2, -0.15) is 4.98 Å². The van der Waals surface area contributed by atoms with E-state index in [1.165, 1.54) is 12.3 Å². The number of amides is 1. The third kappa shape index (κ3) is 5.70. The average molecular weight is 473 g/mol. The lowest BCUT2D eigenvalue weighted by molar-refractivity contribution is -0.111. The number of carbonyl (C=O) groups is 1.